The zero-order valence-electron chi connectivity index (χ0n) is 11.8. The van der Waals surface area contributed by atoms with Gasteiger partial charge in [-0.15, -0.1) is 0 Å². The first kappa shape index (κ1) is 15.7. The van der Waals surface area contributed by atoms with Crippen molar-refractivity contribution in [1.29, 1.82) is 0 Å². The first-order valence-corrected chi connectivity index (χ1v) is 8.38. The van der Waals surface area contributed by atoms with Gasteiger partial charge in [0.2, 0.25) is 21.4 Å². The fourth-order valence-electron chi connectivity index (χ4n) is 2.35. The van der Waals surface area contributed by atoms with Gasteiger partial charge in [0.1, 0.15) is 4.90 Å². The van der Waals surface area contributed by atoms with E-state index >= 15 is 0 Å². The molecule has 1 fully saturated rings. The molecule has 116 valence electrons. The van der Waals surface area contributed by atoms with Crippen molar-refractivity contribution in [3.8, 4) is 0 Å². The summed E-state index contributed by atoms with van der Waals surface area (Å²) in [5, 5.41) is 0. The Morgan fingerprint density at radius 2 is 2.00 bits per heavy atom. The highest BCUT2D eigenvalue weighted by atomic mass is 32.2. The zero-order chi connectivity index (χ0) is 15.5. The number of amides is 1. The number of rotatable bonds is 4. The summed E-state index contributed by atoms with van der Waals surface area (Å²) in [4.78, 5) is 27.6. The first-order chi connectivity index (χ1) is 9.92. The summed E-state index contributed by atoms with van der Waals surface area (Å²) in [6.07, 6.45) is 5.42. The van der Waals surface area contributed by atoms with Crippen molar-refractivity contribution in [3.63, 3.8) is 0 Å². The number of carbonyl (C=O) groups excluding carboxylic acids is 1. The van der Waals surface area contributed by atoms with E-state index in [1.54, 1.807) is 4.90 Å². The van der Waals surface area contributed by atoms with Crippen molar-refractivity contribution in [2.24, 2.45) is 0 Å². The molecule has 8 heteroatoms. The lowest BCUT2D eigenvalue weighted by Crippen LogP contribution is -2.48. The molecule has 0 aromatic carbocycles. The summed E-state index contributed by atoms with van der Waals surface area (Å²) in [6.45, 7) is 2.79. The molecular formula is C13H19N3O4S. The lowest BCUT2D eigenvalue weighted by atomic mass is 10.1. The summed E-state index contributed by atoms with van der Waals surface area (Å²) >= 11 is 0. The Morgan fingerprint density at radius 1 is 1.33 bits per heavy atom. The lowest BCUT2D eigenvalue weighted by molar-refractivity contribution is -0.133. The van der Waals surface area contributed by atoms with Crippen LogP contribution in [-0.2, 0) is 14.8 Å². The fraction of sp³-hybridized carbons (Fsp3) is 0.538. The Morgan fingerprint density at radius 3 is 2.62 bits per heavy atom. The number of piperidine rings is 1. The van der Waals surface area contributed by atoms with Crippen LogP contribution in [0.2, 0.25) is 0 Å². The number of pyridine rings is 1. The van der Waals surface area contributed by atoms with Gasteiger partial charge >= 0.3 is 0 Å². The Bertz CT molecular complexity index is 662. The van der Waals surface area contributed by atoms with E-state index in [2.05, 4.69) is 9.71 Å². The van der Waals surface area contributed by atoms with Crippen LogP contribution in [0.15, 0.2) is 28.2 Å². The van der Waals surface area contributed by atoms with Crippen LogP contribution in [0.5, 0.6) is 0 Å². The van der Waals surface area contributed by atoms with Gasteiger partial charge in [0, 0.05) is 31.5 Å². The minimum absolute atomic E-state index is 0.259. The topological polar surface area (TPSA) is 99.3 Å². The highest BCUT2D eigenvalue weighted by Gasteiger charge is 2.27. The van der Waals surface area contributed by atoms with Gasteiger partial charge in [-0.1, -0.05) is 0 Å². The summed E-state index contributed by atoms with van der Waals surface area (Å²) < 4.78 is 26.6. The molecule has 0 aliphatic carbocycles. The number of carbonyl (C=O) groups is 1. The SMILES string of the molecule is CC(NS(=O)(=O)c1c[nH]ccc1=O)C(=O)N1CCCCC1. The monoisotopic (exact) mass is 313 g/mol. The minimum atomic E-state index is -4.02. The molecule has 0 radical (unpaired) electrons. The Labute approximate surface area is 123 Å². The third-order valence-corrected chi connectivity index (χ3v) is 5.01. The smallest absolute Gasteiger partial charge is 0.246 e. The van der Waals surface area contributed by atoms with Gasteiger partial charge in [-0.2, -0.15) is 4.72 Å². The fourth-order valence-corrected chi connectivity index (χ4v) is 3.59. The van der Waals surface area contributed by atoms with Crippen molar-refractivity contribution in [2.75, 3.05) is 13.1 Å². The van der Waals surface area contributed by atoms with Crippen molar-refractivity contribution < 1.29 is 13.2 Å². The standard InChI is InChI=1S/C13H19N3O4S/c1-10(13(18)16-7-3-2-4-8-16)15-21(19,20)12-9-14-6-5-11(12)17/h5-6,9-10,15H,2-4,7-8H2,1H3,(H,14,17). The van der Waals surface area contributed by atoms with Gasteiger partial charge in [-0.05, 0) is 26.2 Å². The zero-order valence-corrected chi connectivity index (χ0v) is 12.6. The molecule has 1 aliphatic heterocycles. The molecule has 1 aromatic heterocycles. The number of hydrogen-bond donors (Lipinski definition) is 2. The molecule has 2 heterocycles. The summed E-state index contributed by atoms with van der Waals surface area (Å²) in [6, 6.07) is 0.235. The number of likely N-dealkylation sites (tertiary alicyclic amines) is 1. The van der Waals surface area contributed by atoms with Crippen molar-refractivity contribution in [1.82, 2.24) is 14.6 Å². The lowest BCUT2D eigenvalue weighted by Gasteiger charge is -2.29. The van der Waals surface area contributed by atoms with E-state index in [0.717, 1.165) is 31.5 Å². The molecule has 0 saturated carbocycles. The van der Waals surface area contributed by atoms with Crippen molar-refractivity contribution in [2.45, 2.75) is 37.1 Å². The minimum Gasteiger partial charge on any atom is -0.366 e. The van der Waals surface area contributed by atoms with Crippen LogP contribution >= 0.6 is 0 Å². The second-order valence-corrected chi connectivity index (χ2v) is 6.78. The number of aromatic amines is 1. The maximum Gasteiger partial charge on any atom is 0.246 e. The van der Waals surface area contributed by atoms with E-state index in [4.69, 9.17) is 0 Å². The van der Waals surface area contributed by atoms with Gasteiger partial charge in [0.05, 0.1) is 6.04 Å². The summed E-state index contributed by atoms with van der Waals surface area (Å²) in [5.74, 6) is -0.259. The van der Waals surface area contributed by atoms with Gasteiger partial charge < -0.3 is 9.88 Å². The first-order valence-electron chi connectivity index (χ1n) is 6.90. The van der Waals surface area contributed by atoms with E-state index in [9.17, 15) is 18.0 Å². The molecule has 7 nitrogen and oxygen atoms in total. The molecule has 2 rings (SSSR count). The van der Waals surface area contributed by atoms with Crippen molar-refractivity contribution >= 4 is 15.9 Å². The van der Waals surface area contributed by atoms with Crippen LogP contribution in [-0.4, -0.2) is 43.3 Å². The van der Waals surface area contributed by atoms with Crippen LogP contribution in [0.1, 0.15) is 26.2 Å². The summed E-state index contributed by atoms with van der Waals surface area (Å²) in [7, 11) is -4.02. The third-order valence-electron chi connectivity index (χ3n) is 3.45. The predicted molar refractivity (Wildman–Crippen MR) is 77.3 cm³/mol. The van der Waals surface area contributed by atoms with Gasteiger partial charge in [-0.3, -0.25) is 9.59 Å². The van der Waals surface area contributed by atoms with E-state index in [0.29, 0.717) is 13.1 Å². The summed E-state index contributed by atoms with van der Waals surface area (Å²) in [5.41, 5.74) is -0.612. The molecule has 2 N–H and O–H groups in total. The van der Waals surface area contributed by atoms with E-state index < -0.39 is 21.5 Å². The van der Waals surface area contributed by atoms with E-state index in [-0.39, 0.29) is 10.8 Å². The molecule has 21 heavy (non-hydrogen) atoms. The average molecular weight is 313 g/mol. The van der Waals surface area contributed by atoms with Crippen LogP contribution in [0.3, 0.4) is 0 Å². The molecule has 0 bridgehead atoms. The molecule has 1 aliphatic rings. The maximum absolute atomic E-state index is 12.2. The van der Waals surface area contributed by atoms with E-state index in [1.165, 1.54) is 13.1 Å². The number of nitrogens with one attached hydrogen (secondary N) is 2. The quantitative estimate of drug-likeness (QED) is 0.820. The van der Waals surface area contributed by atoms with Crippen LogP contribution in [0.4, 0.5) is 0 Å². The number of nitrogens with zero attached hydrogens (tertiary/aromatic N) is 1. The molecule has 1 amide bonds. The Balaban J connectivity index is 2.11. The Kier molecular flexibility index (Phi) is 4.79. The second kappa shape index (κ2) is 6.40. The molecule has 1 atom stereocenters. The third kappa shape index (κ3) is 3.70. The molecule has 1 aromatic rings. The van der Waals surface area contributed by atoms with Crippen LogP contribution in [0.25, 0.3) is 0 Å². The number of H-pyrrole nitrogens is 1. The van der Waals surface area contributed by atoms with Gasteiger partial charge in [0.25, 0.3) is 0 Å². The molecule has 1 unspecified atom stereocenters. The maximum atomic E-state index is 12.2. The normalized spacial score (nSPS) is 17.5. The predicted octanol–water partition coefficient (Wildman–Crippen LogP) is 0.0542. The molecule has 0 spiro atoms. The largest absolute Gasteiger partial charge is 0.366 e. The Hall–Kier alpha value is -1.67. The highest BCUT2D eigenvalue weighted by Crippen LogP contribution is 2.11. The molecule has 1 saturated heterocycles. The van der Waals surface area contributed by atoms with Gasteiger partial charge in [0.15, 0.2) is 0 Å². The number of aromatic nitrogens is 1. The highest BCUT2D eigenvalue weighted by molar-refractivity contribution is 7.89. The second-order valence-electron chi connectivity index (χ2n) is 5.10. The number of sulfonamides is 1. The van der Waals surface area contributed by atoms with Gasteiger partial charge in [-0.25, -0.2) is 8.42 Å². The van der Waals surface area contributed by atoms with E-state index in [1.807, 2.05) is 0 Å². The molecular weight excluding hydrogens is 294 g/mol. The van der Waals surface area contributed by atoms with Crippen molar-refractivity contribution in [3.05, 3.63) is 28.7 Å². The van der Waals surface area contributed by atoms with Crippen LogP contribution < -0.4 is 10.2 Å². The van der Waals surface area contributed by atoms with Crippen LogP contribution in [0, 0.1) is 0 Å². The number of hydrogen-bond acceptors (Lipinski definition) is 4. The average Bonchev–Trinajstić information content (AvgIpc) is 2.47.